The first-order valence-electron chi connectivity index (χ1n) is 26.5. The van der Waals surface area contributed by atoms with Crippen LogP contribution < -0.4 is 13.9 Å². The van der Waals surface area contributed by atoms with E-state index in [4.69, 9.17) is 10.2 Å². The second kappa shape index (κ2) is 14.1. The van der Waals surface area contributed by atoms with E-state index in [1.54, 1.807) is 6.92 Å². The summed E-state index contributed by atoms with van der Waals surface area (Å²) in [5.41, 5.74) is 16.4. The van der Waals surface area contributed by atoms with Gasteiger partial charge in [0.1, 0.15) is 16.8 Å². The van der Waals surface area contributed by atoms with Crippen LogP contribution >= 0.6 is 0 Å². The highest BCUT2D eigenvalue weighted by molar-refractivity contribution is 5.98. The minimum absolute atomic E-state index is 0.0414. The van der Waals surface area contributed by atoms with Crippen LogP contribution in [0, 0.1) is 6.92 Å². The molecule has 3 aliphatic heterocycles. The van der Waals surface area contributed by atoms with Crippen LogP contribution in [0.3, 0.4) is 0 Å². The number of hydrogen-bond acceptors (Lipinski definition) is 1. The Kier molecular flexibility index (Phi) is 7.69. The molecule has 0 amide bonds. The number of ether oxygens (including phenoxy) is 1. The lowest BCUT2D eigenvalue weighted by atomic mass is 9.78. The summed E-state index contributed by atoms with van der Waals surface area (Å²) in [6, 6.07) is 34.4. The standard InChI is InChI=1S/C62H65N3O/c1-36(2)45-17-15-18-46(37(3)4)54(45)40-25-27-44(28-26-40)64-52-20-16-19-47-48-32-42(59(6,7)8)33-49-53-31-41(39-23-21-38(5)22-24-39)29-30-63(53)62(55(48)49)65(56(47)52)58(64)50-34-43(60(9,10)11)35-51(57(50)66-62)61(12,13)14/h15-37H,1-14H3/q+2/i21D,22D,23D,24D,36D,37D. The molecule has 0 saturated heterocycles. The van der Waals surface area contributed by atoms with Gasteiger partial charge in [0, 0.05) is 31.6 Å². The Bertz CT molecular complexity index is 3620. The predicted molar refractivity (Wildman–Crippen MR) is 273 cm³/mol. The molecule has 1 atom stereocenters. The molecular formula is C62H65N3O+2. The molecule has 4 nitrogen and oxygen atoms in total. The molecular weight excluding hydrogens is 803 g/mol. The van der Waals surface area contributed by atoms with Crippen LogP contribution in [-0.4, -0.2) is 4.57 Å². The van der Waals surface area contributed by atoms with Crippen molar-refractivity contribution in [2.24, 2.45) is 0 Å². The lowest BCUT2D eigenvalue weighted by Crippen LogP contribution is -2.78. The largest absolute Gasteiger partial charge is 0.499 e. The van der Waals surface area contributed by atoms with Crippen molar-refractivity contribution in [3.63, 3.8) is 0 Å². The quantitative estimate of drug-likeness (QED) is 0.158. The zero-order valence-electron chi connectivity index (χ0n) is 47.1. The third-order valence-electron chi connectivity index (χ3n) is 14.2. The highest BCUT2D eigenvalue weighted by atomic mass is 16.5. The van der Waals surface area contributed by atoms with Gasteiger partial charge in [0.05, 0.1) is 11.0 Å². The van der Waals surface area contributed by atoms with Gasteiger partial charge in [-0.2, -0.15) is 4.57 Å². The van der Waals surface area contributed by atoms with Crippen molar-refractivity contribution >= 4 is 11.0 Å². The van der Waals surface area contributed by atoms with Crippen molar-refractivity contribution in [3.05, 3.63) is 166 Å². The summed E-state index contributed by atoms with van der Waals surface area (Å²) in [5.74, 6) is -1.33. The maximum absolute atomic E-state index is 9.23. The maximum Gasteiger partial charge on any atom is 0.499 e. The normalized spacial score (nSPS) is 17.5. The van der Waals surface area contributed by atoms with Crippen LogP contribution in [0.4, 0.5) is 0 Å². The molecule has 0 aliphatic carbocycles. The summed E-state index contributed by atoms with van der Waals surface area (Å²) in [4.78, 5) is 0. The molecule has 4 heteroatoms. The second-order valence-electron chi connectivity index (χ2n) is 22.4. The first-order valence-corrected chi connectivity index (χ1v) is 23.5. The summed E-state index contributed by atoms with van der Waals surface area (Å²) >= 11 is 0. The lowest BCUT2D eigenvalue weighted by molar-refractivity contribution is -0.997. The molecule has 332 valence electrons. The Morgan fingerprint density at radius 1 is 0.621 bits per heavy atom. The van der Waals surface area contributed by atoms with E-state index >= 15 is 0 Å². The molecule has 0 saturated carbocycles. The molecule has 2 aromatic heterocycles. The molecule has 66 heavy (non-hydrogen) atoms. The molecule has 0 fully saturated rings. The van der Waals surface area contributed by atoms with E-state index in [0.29, 0.717) is 11.1 Å². The van der Waals surface area contributed by atoms with Gasteiger partial charge >= 0.3 is 11.7 Å². The average Bonchev–Trinajstić information content (AvgIpc) is 3.79. The van der Waals surface area contributed by atoms with E-state index in [0.717, 1.165) is 95.2 Å². The van der Waals surface area contributed by atoms with E-state index in [9.17, 15) is 2.74 Å². The Labute approximate surface area is 401 Å². The molecule has 1 spiro atoms. The number of para-hydroxylation sites is 1. The number of hydrogen-bond donors (Lipinski definition) is 0. The fourth-order valence-electron chi connectivity index (χ4n) is 10.8. The fourth-order valence-corrected chi connectivity index (χ4v) is 10.8. The second-order valence-corrected chi connectivity index (χ2v) is 22.4. The van der Waals surface area contributed by atoms with Gasteiger partial charge in [-0.05, 0) is 122 Å². The Hall–Kier alpha value is -6.26. The van der Waals surface area contributed by atoms with Crippen LogP contribution in [0.2, 0.25) is 0 Å². The van der Waals surface area contributed by atoms with Gasteiger partial charge in [-0.3, -0.25) is 0 Å². The highest BCUT2D eigenvalue weighted by Crippen LogP contribution is 2.56. The molecule has 3 aliphatic rings. The monoisotopic (exact) mass is 874 g/mol. The van der Waals surface area contributed by atoms with Gasteiger partial charge in [-0.1, -0.05) is 162 Å². The number of benzene rings is 6. The number of imidazole rings is 1. The van der Waals surface area contributed by atoms with Crippen molar-refractivity contribution < 1.29 is 22.1 Å². The molecule has 0 N–H and O–H groups in total. The Balaban J connectivity index is 1.29. The number of aromatic nitrogens is 3. The van der Waals surface area contributed by atoms with Crippen molar-refractivity contribution in [1.29, 1.82) is 0 Å². The molecule has 1 unspecified atom stereocenters. The van der Waals surface area contributed by atoms with Crippen molar-refractivity contribution in [2.45, 2.75) is 131 Å². The van der Waals surface area contributed by atoms with Crippen LogP contribution in [0.15, 0.2) is 127 Å². The summed E-state index contributed by atoms with van der Waals surface area (Å²) < 4.78 is 69.6. The molecule has 0 radical (unpaired) electrons. The minimum atomic E-state index is -1.28. The van der Waals surface area contributed by atoms with Crippen LogP contribution in [0.1, 0.15) is 149 Å². The van der Waals surface area contributed by atoms with Crippen molar-refractivity contribution in [1.82, 2.24) is 4.57 Å². The third kappa shape index (κ3) is 6.02. The predicted octanol–water partition coefficient (Wildman–Crippen LogP) is 15.2. The first-order chi connectivity index (χ1) is 33.5. The molecule has 6 aromatic carbocycles. The summed E-state index contributed by atoms with van der Waals surface area (Å²) in [5, 5.41) is 0. The SMILES string of the molecule is [2H]c1c([2H])c(-c2cc[n+]3c(c2)-c2cc(C(C)(C)C)cc4c2C32Oc3c(cc(C(C)(C)C)cc3C(C)(C)C)-c3n(-c5ccc(-c6c(C([2H])(C)C)cccc6C([2H])(C)C)cc5)c5cccc-4c5[n+]32)c([2H])c([2H])c1C. The van der Waals surface area contributed by atoms with Gasteiger partial charge in [0.2, 0.25) is 5.69 Å². The van der Waals surface area contributed by atoms with Gasteiger partial charge < -0.3 is 4.74 Å². The zero-order valence-corrected chi connectivity index (χ0v) is 41.1. The zero-order chi connectivity index (χ0) is 51.9. The average molecular weight is 874 g/mol. The molecule has 11 rings (SSSR count). The first kappa shape index (κ1) is 35.9. The van der Waals surface area contributed by atoms with Crippen molar-refractivity contribution in [3.8, 4) is 67.5 Å². The van der Waals surface area contributed by atoms with E-state index in [1.165, 1.54) is 5.56 Å². The Morgan fingerprint density at radius 3 is 1.85 bits per heavy atom. The number of fused-ring (bicyclic) bond motifs is 5. The topological polar surface area (TPSA) is 21.9 Å². The van der Waals surface area contributed by atoms with Gasteiger partial charge in [-0.15, -0.1) is 9.13 Å². The summed E-state index contributed by atoms with van der Waals surface area (Å²) in [7, 11) is 0. The Morgan fingerprint density at radius 2 is 1.23 bits per heavy atom. The van der Waals surface area contributed by atoms with Crippen LogP contribution in [0.25, 0.3) is 72.7 Å². The fraction of sp³-hybridized carbons (Fsp3) is 0.323. The maximum atomic E-state index is 9.23. The van der Waals surface area contributed by atoms with Gasteiger partial charge in [0.25, 0.3) is 0 Å². The third-order valence-corrected chi connectivity index (χ3v) is 14.2. The number of pyridine rings is 1. The van der Waals surface area contributed by atoms with Gasteiger partial charge in [0.15, 0.2) is 23.0 Å². The molecule has 5 heterocycles. The number of rotatable bonds is 5. The minimum Gasteiger partial charge on any atom is -0.392 e. The van der Waals surface area contributed by atoms with E-state index in [2.05, 4.69) is 143 Å². The molecule has 8 aromatic rings. The lowest BCUT2D eigenvalue weighted by Gasteiger charge is -2.36. The smallest absolute Gasteiger partial charge is 0.392 e. The van der Waals surface area contributed by atoms with E-state index in [-0.39, 0.29) is 46.0 Å². The van der Waals surface area contributed by atoms with E-state index < -0.39 is 17.6 Å². The highest BCUT2D eigenvalue weighted by Gasteiger charge is 2.69. The summed E-state index contributed by atoms with van der Waals surface area (Å²) in [6.45, 7) is 29.6. The van der Waals surface area contributed by atoms with E-state index in [1.807, 2.05) is 64.2 Å². The van der Waals surface area contributed by atoms with Crippen LogP contribution in [0.5, 0.6) is 5.75 Å². The summed E-state index contributed by atoms with van der Waals surface area (Å²) in [6.07, 6.45) is 2.03. The van der Waals surface area contributed by atoms with Gasteiger partial charge in [-0.25, -0.2) is 0 Å². The number of nitrogens with zero attached hydrogens (tertiary/aromatic N) is 3. The van der Waals surface area contributed by atoms with Crippen molar-refractivity contribution in [2.75, 3.05) is 0 Å². The van der Waals surface area contributed by atoms with Crippen LogP contribution in [-0.2, 0) is 22.1 Å². The molecule has 0 bridgehead atoms.